The molecule has 2 rings (SSSR count). The van der Waals surface area contributed by atoms with Gasteiger partial charge >= 0.3 is 0 Å². The molecule has 0 aromatic carbocycles. The summed E-state index contributed by atoms with van der Waals surface area (Å²) in [5.41, 5.74) is 0. The third-order valence-corrected chi connectivity index (χ3v) is 4.41. The number of aliphatic hydroxyl groups is 3. The SMILES string of the molecule is CCC[C@H](N1CCCCC1)N1CC(O)C(O)C(O)C1. The molecule has 0 bridgehead atoms. The Morgan fingerprint density at radius 2 is 1.53 bits per heavy atom. The van der Waals surface area contributed by atoms with Crippen LogP contribution in [0.3, 0.4) is 0 Å². The van der Waals surface area contributed by atoms with Gasteiger partial charge in [-0.15, -0.1) is 0 Å². The van der Waals surface area contributed by atoms with E-state index in [-0.39, 0.29) is 0 Å². The van der Waals surface area contributed by atoms with E-state index in [1.807, 2.05) is 0 Å². The highest BCUT2D eigenvalue weighted by Crippen LogP contribution is 2.22. The van der Waals surface area contributed by atoms with Gasteiger partial charge in [0, 0.05) is 13.1 Å². The fourth-order valence-corrected chi connectivity index (χ4v) is 3.34. The third kappa shape index (κ3) is 3.67. The Hall–Kier alpha value is -0.200. The van der Waals surface area contributed by atoms with Crippen molar-refractivity contribution in [3.8, 4) is 0 Å². The molecule has 2 aliphatic heterocycles. The highest BCUT2D eigenvalue weighted by atomic mass is 16.4. The standard InChI is InChI=1S/C14H28N2O3/c1-2-6-13(15-7-4-3-5-8-15)16-9-11(17)14(19)12(18)10-16/h11-14,17-19H,2-10H2,1H3/t11?,12?,13-,14?/m1/s1. The minimum atomic E-state index is -1.00. The zero-order valence-electron chi connectivity index (χ0n) is 11.9. The molecule has 0 aliphatic carbocycles. The Labute approximate surface area is 115 Å². The summed E-state index contributed by atoms with van der Waals surface area (Å²) in [7, 11) is 0. The summed E-state index contributed by atoms with van der Waals surface area (Å²) in [6, 6.07) is 0. The van der Waals surface area contributed by atoms with Gasteiger partial charge in [0.05, 0.1) is 18.4 Å². The van der Waals surface area contributed by atoms with Gasteiger partial charge < -0.3 is 15.3 Å². The Bertz CT molecular complexity index is 259. The Morgan fingerprint density at radius 1 is 0.947 bits per heavy atom. The summed E-state index contributed by atoms with van der Waals surface area (Å²) in [5.74, 6) is 0. The average molecular weight is 272 g/mol. The van der Waals surface area contributed by atoms with Crippen molar-refractivity contribution in [1.82, 2.24) is 9.80 Å². The number of hydrogen-bond acceptors (Lipinski definition) is 5. The highest BCUT2D eigenvalue weighted by molar-refractivity contribution is 4.89. The molecule has 0 radical (unpaired) electrons. The number of rotatable bonds is 4. The van der Waals surface area contributed by atoms with Crippen LogP contribution in [0.5, 0.6) is 0 Å². The first-order chi connectivity index (χ1) is 9.13. The fraction of sp³-hybridized carbons (Fsp3) is 1.00. The quantitative estimate of drug-likeness (QED) is 0.672. The number of hydrogen-bond donors (Lipinski definition) is 3. The molecule has 112 valence electrons. The molecule has 2 heterocycles. The topological polar surface area (TPSA) is 67.2 Å². The lowest BCUT2D eigenvalue weighted by molar-refractivity contribution is -0.135. The molecule has 2 saturated heterocycles. The minimum Gasteiger partial charge on any atom is -0.389 e. The van der Waals surface area contributed by atoms with Gasteiger partial charge in [-0.3, -0.25) is 9.80 Å². The van der Waals surface area contributed by atoms with E-state index in [1.165, 1.54) is 19.3 Å². The predicted octanol–water partition coefficient (Wildman–Crippen LogP) is -0.00320. The Morgan fingerprint density at radius 3 is 2.05 bits per heavy atom. The van der Waals surface area contributed by atoms with E-state index in [0.717, 1.165) is 25.9 Å². The molecule has 5 heteroatoms. The van der Waals surface area contributed by atoms with Gasteiger partial charge in [-0.2, -0.15) is 0 Å². The minimum absolute atomic E-state index is 0.294. The van der Waals surface area contributed by atoms with Crippen LogP contribution in [-0.4, -0.2) is 75.8 Å². The van der Waals surface area contributed by atoms with Crippen molar-refractivity contribution in [1.29, 1.82) is 0 Å². The zero-order valence-corrected chi connectivity index (χ0v) is 11.9. The lowest BCUT2D eigenvalue weighted by atomic mass is 9.99. The van der Waals surface area contributed by atoms with Crippen molar-refractivity contribution < 1.29 is 15.3 Å². The molecule has 0 saturated carbocycles. The molecular weight excluding hydrogens is 244 g/mol. The van der Waals surface area contributed by atoms with Crippen LogP contribution in [0.25, 0.3) is 0 Å². The van der Waals surface area contributed by atoms with Crippen LogP contribution >= 0.6 is 0 Å². The normalized spacial score (nSPS) is 36.3. The molecule has 3 N–H and O–H groups in total. The van der Waals surface area contributed by atoms with Gasteiger partial charge in [0.1, 0.15) is 6.10 Å². The summed E-state index contributed by atoms with van der Waals surface area (Å²) in [6.07, 6.45) is 3.54. The van der Waals surface area contributed by atoms with Gasteiger partial charge in [0.25, 0.3) is 0 Å². The lowest BCUT2D eigenvalue weighted by Crippen LogP contribution is -2.61. The van der Waals surface area contributed by atoms with Crippen molar-refractivity contribution in [3.05, 3.63) is 0 Å². The van der Waals surface area contributed by atoms with Crippen LogP contribution in [0.2, 0.25) is 0 Å². The van der Waals surface area contributed by atoms with E-state index in [2.05, 4.69) is 16.7 Å². The van der Waals surface area contributed by atoms with Crippen LogP contribution < -0.4 is 0 Å². The van der Waals surface area contributed by atoms with E-state index >= 15 is 0 Å². The van der Waals surface area contributed by atoms with E-state index in [9.17, 15) is 15.3 Å². The van der Waals surface area contributed by atoms with E-state index in [4.69, 9.17) is 0 Å². The number of β-amino-alcohol motifs (C(OH)–C–C–N with tert-alkyl or cyclic N) is 2. The molecule has 3 atom stereocenters. The van der Waals surface area contributed by atoms with Crippen molar-refractivity contribution in [2.75, 3.05) is 26.2 Å². The second-order valence-corrected chi connectivity index (χ2v) is 5.95. The summed E-state index contributed by atoms with van der Waals surface area (Å²) in [6.45, 7) is 5.30. The van der Waals surface area contributed by atoms with Crippen molar-refractivity contribution >= 4 is 0 Å². The first-order valence-corrected chi connectivity index (χ1v) is 7.65. The molecular formula is C14H28N2O3. The molecule has 2 unspecified atom stereocenters. The van der Waals surface area contributed by atoms with Crippen molar-refractivity contribution in [2.24, 2.45) is 0 Å². The van der Waals surface area contributed by atoms with Gasteiger partial charge in [-0.25, -0.2) is 0 Å². The largest absolute Gasteiger partial charge is 0.389 e. The first-order valence-electron chi connectivity index (χ1n) is 7.65. The fourth-order valence-electron chi connectivity index (χ4n) is 3.34. The summed E-state index contributed by atoms with van der Waals surface area (Å²) >= 11 is 0. The summed E-state index contributed by atoms with van der Waals surface area (Å²) in [4.78, 5) is 4.63. The van der Waals surface area contributed by atoms with Gasteiger partial charge in [-0.05, 0) is 32.4 Å². The van der Waals surface area contributed by atoms with Gasteiger partial charge in [0.2, 0.25) is 0 Å². The maximum atomic E-state index is 9.86. The molecule has 5 nitrogen and oxygen atoms in total. The monoisotopic (exact) mass is 272 g/mol. The Balaban J connectivity index is 2.01. The van der Waals surface area contributed by atoms with Crippen LogP contribution in [-0.2, 0) is 0 Å². The van der Waals surface area contributed by atoms with E-state index in [0.29, 0.717) is 19.3 Å². The first kappa shape index (κ1) is 15.2. The molecule has 0 aromatic rings. The van der Waals surface area contributed by atoms with Crippen LogP contribution in [0.15, 0.2) is 0 Å². The molecule has 19 heavy (non-hydrogen) atoms. The second-order valence-electron chi connectivity index (χ2n) is 5.95. The molecule has 2 aliphatic rings. The van der Waals surface area contributed by atoms with E-state index < -0.39 is 18.3 Å². The summed E-state index contributed by atoms with van der Waals surface area (Å²) in [5, 5.41) is 29.4. The van der Waals surface area contributed by atoms with Crippen molar-refractivity contribution in [2.45, 2.75) is 63.5 Å². The van der Waals surface area contributed by atoms with E-state index in [1.54, 1.807) is 0 Å². The van der Waals surface area contributed by atoms with Gasteiger partial charge in [-0.1, -0.05) is 19.8 Å². The number of likely N-dealkylation sites (tertiary alicyclic amines) is 2. The predicted molar refractivity (Wildman–Crippen MR) is 73.7 cm³/mol. The maximum Gasteiger partial charge on any atom is 0.108 e. The van der Waals surface area contributed by atoms with Crippen LogP contribution in [0.1, 0.15) is 39.0 Å². The highest BCUT2D eigenvalue weighted by Gasteiger charge is 2.37. The maximum absolute atomic E-state index is 9.86. The second kappa shape index (κ2) is 6.99. The number of piperidine rings is 2. The lowest BCUT2D eigenvalue weighted by Gasteiger charge is -2.46. The molecule has 0 amide bonds. The smallest absolute Gasteiger partial charge is 0.108 e. The molecule has 2 fully saturated rings. The Kier molecular flexibility index (Phi) is 5.59. The average Bonchev–Trinajstić information content (AvgIpc) is 2.42. The van der Waals surface area contributed by atoms with Crippen molar-refractivity contribution in [3.63, 3.8) is 0 Å². The van der Waals surface area contributed by atoms with Crippen LogP contribution in [0, 0.1) is 0 Å². The van der Waals surface area contributed by atoms with Crippen LogP contribution in [0.4, 0.5) is 0 Å². The zero-order chi connectivity index (χ0) is 13.8. The molecule has 0 aromatic heterocycles. The van der Waals surface area contributed by atoms with Gasteiger partial charge in [0.15, 0.2) is 0 Å². The number of aliphatic hydroxyl groups excluding tert-OH is 3. The third-order valence-electron chi connectivity index (χ3n) is 4.41. The molecule has 0 spiro atoms. The number of nitrogens with zero attached hydrogens (tertiary/aromatic N) is 2. The summed E-state index contributed by atoms with van der Waals surface area (Å²) < 4.78 is 0.